The molecule has 0 saturated carbocycles. The molecular formula is C16H12F2N2O5. The van der Waals surface area contributed by atoms with E-state index in [1.54, 1.807) is 0 Å². The van der Waals surface area contributed by atoms with Gasteiger partial charge < -0.3 is 10.1 Å². The molecule has 0 aliphatic carbocycles. The molecule has 0 unspecified atom stereocenters. The van der Waals surface area contributed by atoms with Crippen LogP contribution in [0.15, 0.2) is 36.4 Å². The van der Waals surface area contributed by atoms with Crippen molar-refractivity contribution in [2.45, 2.75) is 13.0 Å². The Kier molecular flexibility index (Phi) is 5.38. The number of nitro benzene ring substituents is 1. The number of rotatable bonds is 6. The van der Waals surface area contributed by atoms with Crippen LogP contribution in [-0.2, 0) is 4.79 Å². The molecule has 0 aliphatic rings. The molecule has 0 heterocycles. The number of hydrogen-bond donors (Lipinski definition) is 1. The molecule has 25 heavy (non-hydrogen) atoms. The highest BCUT2D eigenvalue weighted by Gasteiger charge is 2.22. The molecule has 2 aromatic carbocycles. The van der Waals surface area contributed by atoms with Crippen LogP contribution < -0.4 is 10.1 Å². The van der Waals surface area contributed by atoms with Crippen LogP contribution >= 0.6 is 0 Å². The summed E-state index contributed by atoms with van der Waals surface area (Å²) in [5.41, 5.74) is -0.389. The molecule has 0 saturated heterocycles. The van der Waals surface area contributed by atoms with Gasteiger partial charge in [0.25, 0.3) is 5.91 Å². The van der Waals surface area contributed by atoms with E-state index in [2.05, 4.69) is 5.32 Å². The third-order valence-corrected chi connectivity index (χ3v) is 3.18. The molecule has 0 aromatic heterocycles. The predicted molar refractivity (Wildman–Crippen MR) is 83.6 cm³/mol. The predicted octanol–water partition coefficient (Wildman–Crippen LogP) is 3.09. The van der Waals surface area contributed by atoms with Crippen molar-refractivity contribution < 1.29 is 28.0 Å². The molecule has 2 aromatic rings. The van der Waals surface area contributed by atoms with Gasteiger partial charge in [0.2, 0.25) is 0 Å². The van der Waals surface area contributed by atoms with Crippen molar-refractivity contribution in [3.63, 3.8) is 0 Å². The van der Waals surface area contributed by atoms with E-state index in [-0.39, 0.29) is 17.0 Å². The van der Waals surface area contributed by atoms with Crippen molar-refractivity contribution in [2.24, 2.45) is 0 Å². The number of carbonyl (C=O) groups excluding carboxylic acids is 2. The summed E-state index contributed by atoms with van der Waals surface area (Å²) >= 11 is 0. The van der Waals surface area contributed by atoms with E-state index < -0.39 is 34.3 Å². The normalized spacial score (nSPS) is 11.5. The van der Waals surface area contributed by atoms with Crippen molar-refractivity contribution in [3.05, 3.63) is 63.7 Å². The Morgan fingerprint density at radius 2 is 1.96 bits per heavy atom. The molecule has 0 aliphatic heterocycles. The minimum absolute atomic E-state index is 0.00477. The number of hydrogen-bond acceptors (Lipinski definition) is 5. The summed E-state index contributed by atoms with van der Waals surface area (Å²) in [6.07, 6.45) is -0.732. The summed E-state index contributed by atoms with van der Waals surface area (Å²) in [6.45, 7) is 1.33. The third kappa shape index (κ3) is 4.34. The van der Waals surface area contributed by atoms with Crippen molar-refractivity contribution in [3.8, 4) is 5.75 Å². The first-order valence-corrected chi connectivity index (χ1v) is 6.98. The van der Waals surface area contributed by atoms with E-state index in [0.717, 1.165) is 24.3 Å². The number of carbonyl (C=O) groups is 2. The molecule has 0 spiro atoms. The van der Waals surface area contributed by atoms with Gasteiger partial charge >= 0.3 is 5.69 Å². The number of halogens is 2. The van der Waals surface area contributed by atoms with Gasteiger partial charge in [-0.15, -0.1) is 0 Å². The molecule has 1 amide bonds. The zero-order valence-electron chi connectivity index (χ0n) is 12.9. The number of nitrogens with one attached hydrogen (secondary N) is 1. The average Bonchev–Trinajstić information content (AvgIpc) is 2.58. The van der Waals surface area contributed by atoms with Gasteiger partial charge in [0.1, 0.15) is 6.29 Å². The fourth-order valence-corrected chi connectivity index (χ4v) is 1.91. The molecule has 0 bridgehead atoms. The maximum absolute atomic E-state index is 13.1. The lowest BCUT2D eigenvalue weighted by Crippen LogP contribution is -2.30. The van der Waals surface area contributed by atoms with E-state index in [1.807, 2.05) is 0 Å². The highest BCUT2D eigenvalue weighted by Crippen LogP contribution is 2.28. The van der Waals surface area contributed by atoms with Gasteiger partial charge in [-0.3, -0.25) is 19.7 Å². The minimum atomic E-state index is -1.17. The third-order valence-electron chi connectivity index (χ3n) is 3.18. The number of amides is 1. The van der Waals surface area contributed by atoms with Crippen molar-refractivity contribution in [1.82, 2.24) is 0 Å². The molecule has 0 fully saturated rings. The van der Waals surface area contributed by atoms with Crippen LogP contribution in [0.2, 0.25) is 0 Å². The van der Waals surface area contributed by atoms with E-state index in [1.165, 1.54) is 19.1 Å². The summed E-state index contributed by atoms with van der Waals surface area (Å²) in [5, 5.41) is 13.3. The Balaban J connectivity index is 2.14. The fraction of sp³-hybridized carbons (Fsp3) is 0.125. The number of anilines is 1. The quantitative estimate of drug-likeness (QED) is 0.490. The second-order valence-corrected chi connectivity index (χ2v) is 4.98. The van der Waals surface area contributed by atoms with Gasteiger partial charge in [-0.2, -0.15) is 0 Å². The van der Waals surface area contributed by atoms with E-state index in [0.29, 0.717) is 6.29 Å². The van der Waals surface area contributed by atoms with Crippen LogP contribution in [0.3, 0.4) is 0 Å². The van der Waals surface area contributed by atoms with Gasteiger partial charge in [0.15, 0.2) is 23.5 Å². The Labute approximate surface area is 140 Å². The van der Waals surface area contributed by atoms with Gasteiger partial charge in [-0.05, 0) is 31.2 Å². The summed E-state index contributed by atoms with van der Waals surface area (Å²) < 4.78 is 31.2. The lowest BCUT2D eigenvalue weighted by Gasteiger charge is -2.15. The van der Waals surface area contributed by atoms with Crippen molar-refractivity contribution in [2.75, 3.05) is 5.32 Å². The van der Waals surface area contributed by atoms with Crippen LogP contribution in [0.1, 0.15) is 17.3 Å². The van der Waals surface area contributed by atoms with Crippen molar-refractivity contribution in [1.29, 1.82) is 0 Å². The fourth-order valence-electron chi connectivity index (χ4n) is 1.91. The van der Waals surface area contributed by atoms with Gasteiger partial charge in [0, 0.05) is 23.4 Å². The lowest BCUT2D eigenvalue weighted by molar-refractivity contribution is -0.386. The standard InChI is InChI=1S/C16H12F2N2O5/c1-9(16(22)19-11-3-4-12(17)13(18)7-11)25-15-5-2-10(8-21)6-14(15)20(23)24/h2-9H,1H3,(H,19,22)/t9-/m0/s1. The highest BCUT2D eigenvalue weighted by molar-refractivity contribution is 5.94. The van der Waals surface area contributed by atoms with Crippen LogP contribution in [-0.4, -0.2) is 23.2 Å². The number of benzene rings is 2. The first-order chi connectivity index (χ1) is 11.8. The van der Waals surface area contributed by atoms with Gasteiger partial charge in [-0.1, -0.05) is 0 Å². The van der Waals surface area contributed by atoms with Crippen molar-refractivity contribution >= 4 is 23.6 Å². The van der Waals surface area contributed by atoms with Crippen LogP contribution in [0, 0.1) is 21.7 Å². The molecule has 2 rings (SSSR count). The zero-order valence-corrected chi connectivity index (χ0v) is 12.9. The topological polar surface area (TPSA) is 98.5 Å². The molecule has 7 nitrogen and oxygen atoms in total. The Hall–Kier alpha value is -3.36. The second-order valence-electron chi connectivity index (χ2n) is 4.98. The lowest BCUT2D eigenvalue weighted by atomic mass is 10.2. The average molecular weight is 350 g/mol. The first-order valence-electron chi connectivity index (χ1n) is 6.98. The van der Waals surface area contributed by atoms with Gasteiger partial charge in [-0.25, -0.2) is 8.78 Å². The SMILES string of the molecule is C[C@H](Oc1ccc(C=O)cc1[N+](=O)[O-])C(=O)Nc1ccc(F)c(F)c1. The Bertz CT molecular complexity index is 841. The summed E-state index contributed by atoms with van der Waals surface area (Å²) in [7, 11) is 0. The second kappa shape index (κ2) is 7.47. The number of nitrogens with zero attached hydrogens (tertiary/aromatic N) is 1. The molecule has 1 atom stereocenters. The Morgan fingerprint density at radius 1 is 1.24 bits per heavy atom. The summed E-state index contributed by atoms with van der Waals surface area (Å²) in [4.78, 5) is 33.0. The van der Waals surface area contributed by atoms with Gasteiger partial charge in [0.05, 0.1) is 4.92 Å². The molecule has 1 N–H and O–H groups in total. The molecule has 130 valence electrons. The zero-order chi connectivity index (χ0) is 18.6. The van der Waals surface area contributed by atoms with Crippen LogP contribution in [0.25, 0.3) is 0 Å². The highest BCUT2D eigenvalue weighted by atomic mass is 19.2. The monoisotopic (exact) mass is 350 g/mol. The maximum atomic E-state index is 13.1. The van der Waals surface area contributed by atoms with Crippen LogP contribution in [0.5, 0.6) is 5.75 Å². The number of nitro groups is 1. The van der Waals surface area contributed by atoms with E-state index in [9.17, 15) is 28.5 Å². The largest absolute Gasteiger partial charge is 0.474 e. The molecule has 9 heteroatoms. The number of ether oxygens (including phenoxy) is 1. The Morgan fingerprint density at radius 3 is 2.56 bits per heavy atom. The van der Waals surface area contributed by atoms with E-state index in [4.69, 9.17) is 4.74 Å². The molecule has 0 radical (unpaired) electrons. The van der Waals surface area contributed by atoms with E-state index >= 15 is 0 Å². The maximum Gasteiger partial charge on any atom is 0.311 e. The minimum Gasteiger partial charge on any atom is -0.474 e. The number of aldehydes is 1. The summed E-state index contributed by atoms with van der Waals surface area (Å²) in [6, 6.07) is 6.31. The summed E-state index contributed by atoms with van der Waals surface area (Å²) in [5.74, 6) is -3.12. The first kappa shape index (κ1) is 18.0. The smallest absolute Gasteiger partial charge is 0.311 e. The van der Waals surface area contributed by atoms with Crippen LogP contribution in [0.4, 0.5) is 20.2 Å². The molecular weight excluding hydrogens is 338 g/mol.